The van der Waals surface area contributed by atoms with Crippen LogP contribution < -0.4 is 0 Å². The first kappa shape index (κ1) is 19.7. The summed E-state index contributed by atoms with van der Waals surface area (Å²) in [6.45, 7) is 2.22. The molecule has 0 heterocycles. The molecular weight excluding hydrogens is 431 g/mol. The second kappa shape index (κ2) is 13.7. The number of benzene rings is 3. The number of rotatable bonds is 13. The van der Waals surface area contributed by atoms with Gasteiger partial charge in [0.05, 0.1) is 0 Å². The molecule has 0 nitrogen and oxygen atoms in total. The summed E-state index contributed by atoms with van der Waals surface area (Å²) in [5, 5.41) is 0. The van der Waals surface area contributed by atoms with Crippen LogP contribution in [0, 0.1) is 0 Å². The summed E-state index contributed by atoms with van der Waals surface area (Å²) in [5.74, 6) is -4.28. The molecule has 0 saturated heterocycles. The van der Waals surface area contributed by atoms with Crippen LogP contribution in [0.3, 0.4) is 0 Å². The van der Waals surface area contributed by atoms with E-state index < -0.39 is 11.7 Å². The topological polar surface area (TPSA) is 0 Å². The van der Waals surface area contributed by atoms with Gasteiger partial charge < -0.3 is 0 Å². The van der Waals surface area contributed by atoms with Crippen LogP contribution in [-0.4, -0.2) is 0 Å². The van der Waals surface area contributed by atoms with Gasteiger partial charge in [-0.25, -0.2) is 0 Å². The van der Waals surface area contributed by atoms with Crippen molar-refractivity contribution in [2.75, 3.05) is 0 Å². The van der Waals surface area contributed by atoms with Crippen molar-refractivity contribution < 1.29 is 5.48 Å². The highest BCUT2D eigenvalue weighted by Crippen LogP contribution is 2.41. The van der Waals surface area contributed by atoms with Crippen molar-refractivity contribution in [2.45, 2.75) is 76.4 Å². The summed E-state index contributed by atoms with van der Waals surface area (Å²) in [7, 11) is 0. The third kappa shape index (κ3) is 6.63. The Kier molecular flexibility index (Phi) is 8.43. The quantitative estimate of drug-likeness (QED) is 0.172. The standard InChI is InChI=1S/C30H36Cl2/c1-2-3-4-5-6-7-8-11-20-26-21-27(22-31)29(24-16-12-9-13-17-24)30(28(26)23-32)25-18-14-10-15-19-25/h9-10,12-19,21H,2-8,11,20,22-23H2,1H3/i22D2,23D2. The average molecular weight is 472 g/mol. The van der Waals surface area contributed by atoms with Gasteiger partial charge in [-0.3, -0.25) is 0 Å². The first-order valence-corrected chi connectivity index (χ1v) is 12.6. The van der Waals surface area contributed by atoms with Crippen LogP contribution in [0.25, 0.3) is 22.3 Å². The van der Waals surface area contributed by atoms with Crippen LogP contribution in [0.4, 0.5) is 0 Å². The number of hydrogen-bond donors (Lipinski definition) is 0. The molecule has 0 aliphatic carbocycles. The lowest BCUT2D eigenvalue weighted by Gasteiger charge is -2.22. The zero-order chi connectivity index (χ0) is 26.2. The van der Waals surface area contributed by atoms with Gasteiger partial charge in [0.15, 0.2) is 0 Å². The van der Waals surface area contributed by atoms with E-state index in [-0.39, 0.29) is 0 Å². The summed E-state index contributed by atoms with van der Waals surface area (Å²) >= 11 is 12.8. The van der Waals surface area contributed by atoms with Crippen LogP contribution in [-0.2, 0) is 18.1 Å². The normalized spacial score (nSPS) is 13.8. The Hall–Kier alpha value is -1.76. The zero-order valence-electron chi connectivity index (χ0n) is 23.0. The molecule has 0 aliphatic heterocycles. The van der Waals surface area contributed by atoms with Gasteiger partial charge in [-0.1, -0.05) is 119 Å². The molecule has 0 aliphatic rings. The van der Waals surface area contributed by atoms with E-state index >= 15 is 0 Å². The van der Waals surface area contributed by atoms with E-state index in [0.29, 0.717) is 28.7 Å². The molecule has 3 aromatic carbocycles. The van der Waals surface area contributed by atoms with Gasteiger partial charge in [0.2, 0.25) is 0 Å². The van der Waals surface area contributed by atoms with Crippen molar-refractivity contribution >= 4 is 23.2 Å². The molecule has 0 aromatic heterocycles. The third-order valence-electron chi connectivity index (χ3n) is 6.03. The summed E-state index contributed by atoms with van der Waals surface area (Å²) in [6.07, 6.45) is 9.95. The van der Waals surface area contributed by atoms with Gasteiger partial charge >= 0.3 is 0 Å². The maximum Gasteiger partial charge on any atom is 0.0486 e. The van der Waals surface area contributed by atoms with Crippen LogP contribution in [0.15, 0.2) is 66.7 Å². The minimum atomic E-state index is -2.14. The second-order valence-electron chi connectivity index (χ2n) is 8.35. The van der Waals surface area contributed by atoms with E-state index in [2.05, 4.69) is 6.92 Å². The number of halogens is 2. The van der Waals surface area contributed by atoms with E-state index in [0.717, 1.165) is 36.0 Å². The molecule has 0 saturated carbocycles. The lowest BCUT2D eigenvalue weighted by Crippen LogP contribution is -2.03. The lowest BCUT2D eigenvalue weighted by molar-refractivity contribution is 0.575. The van der Waals surface area contributed by atoms with Crippen molar-refractivity contribution in [2.24, 2.45) is 0 Å². The second-order valence-corrected chi connectivity index (χ2v) is 8.73. The Morgan fingerprint density at radius 1 is 0.625 bits per heavy atom. The average Bonchev–Trinajstić information content (AvgIpc) is 2.84. The summed E-state index contributed by atoms with van der Waals surface area (Å²) in [6, 6.07) is 20.8. The van der Waals surface area contributed by atoms with Gasteiger partial charge in [0.1, 0.15) is 0 Å². The molecule has 32 heavy (non-hydrogen) atoms. The van der Waals surface area contributed by atoms with Gasteiger partial charge in [0, 0.05) is 17.1 Å². The fourth-order valence-electron chi connectivity index (χ4n) is 4.37. The Morgan fingerprint density at radius 2 is 1.16 bits per heavy atom. The maximum absolute atomic E-state index is 8.61. The molecule has 2 heteroatoms. The molecule has 3 aromatic rings. The Morgan fingerprint density at radius 3 is 1.69 bits per heavy atom. The van der Waals surface area contributed by atoms with E-state index in [1.807, 2.05) is 60.7 Å². The fraction of sp³-hybridized carbons (Fsp3) is 0.400. The molecule has 0 fully saturated rings. The van der Waals surface area contributed by atoms with E-state index in [4.69, 9.17) is 28.7 Å². The van der Waals surface area contributed by atoms with Gasteiger partial charge in [-0.2, -0.15) is 0 Å². The van der Waals surface area contributed by atoms with Crippen molar-refractivity contribution in [3.8, 4) is 22.3 Å². The summed E-state index contributed by atoms with van der Waals surface area (Å²) < 4.78 is 34.2. The zero-order valence-corrected chi connectivity index (χ0v) is 20.5. The van der Waals surface area contributed by atoms with E-state index in [1.165, 1.54) is 32.1 Å². The van der Waals surface area contributed by atoms with Crippen LogP contribution in [0.5, 0.6) is 0 Å². The number of aryl methyl sites for hydroxylation is 1. The predicted molar refractivity (Wildman–Crippen MR) is 143 cm³/mol. The monoisotopic (exact) mass is 470 g/mol. The highest BCUT2D eigenvalue weighted by Gasteiger charge is 2.19. The minimum Gasteiger partial charge on any atom is -0.122 e. The smallest absolute Gasteiger partial charge is 0.0486 e. The number of alkyl halides is 2. The van der Waals surface area contributed by atoms with Gasteiger partial charge in [0.25, 0.3) is 0 Å². The first-order valence-electron chi connectivity index (χ1n) is 13.8. The molecule has 170 valence electrons. The highest BCUT2D eigenvalue weighted by molar-refractivity contribution is 6.19. The van der Waals surface area contributed by atoms with Crippen molar-refractivity contribution in [3.05, 3.63) is 83.4 Å². The molecule has 0 N–H and O–H groups in total. The van der Waals surface area contributed by atoms with E-state index in [9.17, 15) is 0 Å². The fourth-order valence-corrected chi connectivity index (χ4v) is 4.73. The van der Waals surface area contributed by atoms with Crippen LogP contribution in [0.2, 0.25) is 0 Å². The van der Waals surface area contributed by atoms with Crippen LogP contribution in [0.1, 0.15) is 80.5 Å². The van der Waals surface area contributed by atoms with Gasteiger partial charge in [-0.15, -0.1) is 23.2 Å². The number of unbranched alkanes of at least 4 members (excludes halogenated alkanes) is 7. The molecule has 0 spiro atoms. The van der Waals surface area contributed by atoms with E-state index in [1.54, 1.807) is 6.07 Å². The Labute approximate surface area is 210 Å². The molecule has 0 radical (unpaired) electrons. The highest BCUT2D eigenvalue weighted by atomic mass is 35.5. The predicted octanol–water partition coefficient (Wildman–Crippen LogP) is 10.2. The lowest BCUT2D eigenvalue weighted by atomic mass is 9.84. The third-order valence-corrected chi connectivity index (χ3v) is 6.42. The molecule has 0 atom stereocenters. The minimum absolute atomic E-state index is 0.341. The SMILES string of the molecule is [2H]C([2H])(Cl)c1cc(CCCCCCCCCC)c(C([2H])([2H])Cl)c(-c2ccccc2)c1-c1ccccc1. The van der Waals surface area contributed by atoms with Crippen molar-refractivity contribution in [3.63, 3.8) is 0 Å². The summed E-state index contributed by atoms with van der Waals surface area (Å²) in [5.41, 5.74) is 4.22. The molecule has 3 rings (SSSR count). The van der Waals surface area contributed by atoms with Crippen LogP contribution >= 0.6 is 23.2 Å². The maximum atomic E-state index is 8.61. The largest absolute Gasteiger partial charge is 0.122 e. The Balaban J connectivity index is 2.12. The Bertz CT molecular complexity index is 1090. The van der Waals surface area contributed by atoms with Crippen molar-refractivity contribution in [1.29, 1.82) is 0 Å². The summed E-state index contributed by atoms with van der Waals surface area (Å²) in [4.78, 5) is 0. The first-order chi connectivity index (χ1) is 17.1. The van der Waals surface area contributed by atoms with Gasteiger partial charge in [-0.05, 0) is 51.8 Å². The molecule has 0 bridgehead atoms. The molecular formula is C30H36Cl2. The molecule has 0 unspecified atom stereocenters. The van der Waals surface area contributed by atoms with Crippen molar-refractivity contribution in [1.82, 2.24) is 0 Å². The molecule has 0 amide bonds. The number of hydrogen-bond acceptors (Lipinski definition) is 0.